The zero-order chi connectivity index (χ0) is 20.1. The fourth-order valence-corrected chi connectivity index (χ4v) is 2.56. The van der Waals surface area contributed by atoms with Gasteiger partial charge in [-0.2, -0.15) is 0 Å². The van der Waals surface area contributed by atoms with Crippen LogP contribution < -0.4 is 10.6 Å². The molecule has 0 aliphatic carbocycles. The van der Waals surface area contributed by atoms with E-state index in [0.717, 1.165) is 6.42 Å². The van der Waals surface area contributed by atoms with Gasteiger partial charge in [-0.25, -0.2) is 0 Å². The Bertz CT molecular complexity index is 518. The minimum absolute atomic E-state index is 0.0615. The molecule has 1 aliphatic rings. The third-order valence-electron chi connectivity index (χ3n) is 4.00. The number of hydrogen-bond donors (Lipinski definition) is 3. The summed E-state index contributed by atoms with van der Waals surface area (Å²) in [5.74, 6) is -1.25. The van der Waals surface area contributed by atoms with Crippen LogP contribution in [0.4, 0.5) is 0 Å². The maximum absolute atomic E-state index is 12.6. The van der Waals surface area contributed by atoms with Crippen LogP contribution >= 0.6 is 0 Å². The van der Waals surface area contributed by atoms with Crippen LogP contribution in [0.15, 0.2) is 12.2 Å². The molecule has 1 heterocycles. The number of ether oxygens (including phenoxy) is 2. The SMILES string of the molecule is CC1(C)COC(=O)CCCC=CCC(CC(=O)NCCOCCO)C(=O)N1. The Morgan fingerprint density at radius 2 is 2.15 bits per heavy atom. The molecule has 2 amide bonds. The summed E-state index contributed by atoms with van der Waals surface area (Å²) in [7, 11) is 0. The molecule has 1 aliphatic heterocycles. The van der Waals surface area contributed by atoms with Gasteiger partial charge in [-0.1, -0.05) is 12.2 Å². The van der Waals surface area contributed by atoms with Crippen molar-refractivity contribution in [3.63, 3.8) is 0 Å². The Balaban J connectivity index is 2.63. The van der Waals surface area contributed by atoms with Crippen molar-refractivity contribution in [2.24, 2.45) is 5.92 Å². The number of aliphatic hydroxyl groups excluding tert-OH is 1. The maximum atomic E-state index is 12.6. The monoisotopic (exact) mass is 384 g/mol. The first-order valence-corrected chi connectivity index (χ1v) is 9.42. The number of allylic oxidation sites excluding steroid dienone is 2. The maximum Gasteiger partial charge on any atom is 0.305 e. The Hall–Kier alpha value is -1.93. The van der Waals surface area contributed by atoms with E-state index in [4.69, 9.17) is 14.6 Å². The quantitative estimate of drug-likeness (QED) is 0.338. The molecule has 8 nitrogen and oxygen atoms in total. The van der Waals surface area contributed by atoms with E-state index in [-0.39, 0.29) is 44.0 Å². The van der Waals surface area contributed by atoms with Gasteiger partial charge in [0.1, 0.15) is 6.61 Å². The molecule has 0 fully saturated rings. The fraction of sp³-hybridized carbons (Fsp3) is 0.737. The average molecular weight is 384 g/mol. The van der Waals surface area contributed by atoms with Gasteiger partial charge >= 0.3 is 5.97 Å². The molecular formula is C19H32N2O6. The van der Waals surface area contributed by atoms with Crippen LogP contribution in [-0.4, -0.2) is 61.4 Å². The molecule has 8 heteroatoms. The van der Waals surface area contributed by atoms with Crippen LogP contribution in [0.25, 0.3) is 0 Å². The first-order chi connectivity index (χ1) is 12.8. The number of nitrogens with one attached hydrogen (secondary N) is 2. The van der Waals surface area contributed by atoms with Crippen molar-refractivity contribution in [3.05, 3.63) is 12.2 Å². The van der Waals surface area contributed by atoms with E-state index in [2.05, 4.69) is 10.6 Å². The number of carbonyl (C=O) groups is 3. The highest BCUT2D eigenvalue weighted by atomic mass is 16.5. The highest BCUT2D eigenvalue weighted by Crippen LogP contribution is 2.15. The molecule has 1 atom stereocenters. The molecule has 0 saturated carbocycles. The van der Waals surface area contributed by atoms with Crippen molar-refractivity contribution in [2.45, 2.75) is 51.5 Å². The van der Waals surface area contributed by atoms with Gasteiger partial charge in [0.15, 0.2) is 0 Å². The number of esters is 1. The predicted molar refractivity (Wildman–Crippen MR) is 99.8 cm³/mol. The van der Waals surface area contributed by atoms with E-state index in [1.54, 1.807) is 13.8 Å². The molecule has 0 spiro atoms. The summed E-state index contributed by atoms with van der Waals surface area (Å²) in [4.78, 5) is 36.5. The third kappa shape index (κ3) is 10.7. The summed E-state index contributed by atoms with van der Waals surface area (Å²) < 4.78 is 10.3. The highest BCUT2D eigenvalue weighted by Gasteiger charge is 2.28. The van der Waals surface area contributed by atoms with Gasteiger partial charge < -0.3 is 25.2 Å². The van der Waals surface area contributed by atoms with Gasteiger partial charge in [0.05, 0.1) is 31.3 Å². The summed E-state index contributed by atoms with van der Waals surface area (Å²) in [5.41, 5.74) is -0.711. The van der Waals surface area contributed by atoms with Gasteiger partial charge in [-0.3, -0.25) is 14.4 Å². The number of cyclic esters (lactones) is 1. The second-order valence-corrected chi connectivity index (χ2v) is 7.22. The van der Waals surface area contributed by atoms with Crippen LogP contribution in [0.5, 0.6) is 0 Å². The summed E-state index contributed by atoms with van der Waals surface area (Å²) in [5, 5.41) is 14.2. The summed E-state index contributed by atoms with van der Waals surface area (Å²) in [6, 6.07) is 0. The number of carbonyl (C=O) groups excluding carboxylic acids is 3. The van der Waals surface area contributed by atoms with Gasteiger partial charge in [-0.05, 0) is 33.1 Å². The molecular weight excluding hydrogens is 352 g/mol. The van der Waals surface area contributed by atoms with Crippen LogP contribution in [0, 0.1) is 5.92 Å². The van der Waals surface area contributed by atoms with E-state index in [9.17, 15) is 14.4 Å². The van der Waals surface area contributed by atoms with Gasteiger partial charge in [-0.15, -0.1) is 0 Å². The molecule has 0 bridgehead atoms. The molecule has 0 aromatic heterocycles. The van der Waals surface area contributed by atoms with Crippen LogP contribution in [0.1, 0.15) is 46.0 Å². The van der Waals surface area contributed by atoms with Crippen LogP contribution in [0.2, 0.25) is 0 Å². The van der Waals surface area contributed by atoms with Crippen molar-refractivity contribution in [1.82, 2.24) is 10.6 Å². The van der Waals surface area contributed by atoms with E-state index in [1.807, 2.05) is 12.2 Å². The second-order valence-electron chi connectivity index (χ2n) is 7.22. The number of aliphatic hydroxyl groups is 1. The third-order valence-corrected chi connectivity index (χ3v) is 4.00. The predicted octanol–water partition coefficient (Wildman–Crippen LogP) is 0.686. The van der Waals surface area contributed by atoms with E-state index in [0.29, 0.717) is 32.4 Å². The standard InChI is InChI=1S/C19H32N2O6/c1-19(2)14-27-17(24)8-6-4-3-5-7-15(18(25)21-19)13-16(23)20-9-11-26-12-10-22/h3,5,15,22H,4,6-14H2,1-2H3,(H,20,23)(H,21,25). The fourth-order valence-electron chi connectivity index (χ4n) is 2.56. The summed E-state index contributed by atoms with van der Waals surface area (Å²) in [6.45, 7) is 4.45. The molecule has 154 valence electrons. The molecule has 0 radical (unpaired) electrons. The molecule has 0 aromatic rings. The summed E-state index contributed by atoms with van der Waals surface area (Å²) >= 11 is 0. The van der Waals surface area contributed by atoms with Gasteiger partial charge in [0.25, 0.3) is 0 Å². The first kappa shape index (κ1) is 23.1. The lowest BCUT2D eigenvalue weighted by molar-refractivity contribution is -0.146. The van der Waals surface area contributed by atoms with Gasteiger partial charge in [0, 0.05) is 19.4 Å². The molecule has 3 N–H and O–H groups in total. The number of rotatable bonds is 7. The van der Waals surface area contributed by atoms with Crippen molar-refractivity contribution >= 4 is 17.8 Å². The molecule has 0 saturated heterocycles. The number of amides is 2. The Morgan fingerprint density at radius 3 is 2.89 bits per heavy atom. The molecule has 27 heavy (non-hydrogen) atoms. The van der Waals surface area contributed by atoms with Crippen LogP contribution in [-0.2, 0) is 23.9 Å². The number of hydrogen-bond acceptors (Lipinski definition) is 6. The minimum atomic E-state index is -0.711. The van der Waals surface area contributed by atoms with Crippen molar-refractivity contribution in [3.8, 4) is 0 Å². The summed E-state index contributed by atoms with van der Waals surface area (Å²) in [6.07, 6.45) is 6.09. The Kier molecular flexibility index (Phi) is 10.7. The van der Waals surface area contributed by atoms with Crippen LogP contribution in [0.3, 0.4) is 0 Å². The second kappa shape index (κ2) is 12.5. The zero-order valence-electron chi connectivity index (χ0n) is 16.3. The Morgan fingerprint density at radius 1 is 1.37 bits per heavy atom. The largest absolute Gasteiger partial charge is 0.463 e. The molecule has 0 aromatic carbocycles. The smallest absolute Gasteiger partial charge is 0.305 e. The van der Waals surface area contributed by atoms with E-state index < -0.39 is 11.5 Å². The lowest BCUT2D eigenvalue weighted by Crippen LogP contribution is -2.50. The Labute approximate surface area is 160 Å². The molecule has 1 rings (SSSR count). The lowest BCUT2D eigenvalue weighted by Gasteiger charge is -2.28. The van der Waals surface area contributed by atoms with Crippen molar-refractivity contribution < 1.29 is 29.0 Å². The van der Waals surface area contributed by atoms with Crippen molar-refractivity contribution in [1.29, 1.82) is 0 Å². The van der Waals surface area contributed by atoms with Gasteiger partial charge in [0.2, 0.25) is 11.8 Å². The lowest BCUT2D eigenvalue weighted by atomic mass is 9.97. The van der Waals surface area contributed by atoms with E-state index >= 15 is 0 Å². The average Bonchev–Trinajstić information content (AvgIpc) is 2.61. The first-order valence-electron chi connectivity index (χ1n) is 9.42. The van der Waals surface area contributed by atoms with E-state index in [1.165, 1.54) is 0 Å². The topological polar surface area (TPSA) is 114 Å². The normalized spacial score (nSPS) is 21.2. The molecule has 1 unspecified atom stereocenters. The highest BCUT2D eigenvalue weighted by molar-refractivity contribution is 5.86. The zero-order valence-corrected chi connectivity index (χ0v) is 16.3. The van der Waals surface area contributed by atoms with Crippen molar-refractivity contribution in [2.75, 3.05) is 33.0 Å². The minimum Gasteiger partial charge on any atom is -0.463 e.